The fourth-order valence-electron chi connectivity index (χ4n) is 4.98. The molecule has 2 heterocycles. The summed E-state index contributed by atoms with van der Waals surface area (Å²) in [5.74, 6) is 0.00334. The molecule has 0 bridgehead atoms. The van der Waals surface area contributed by atoms with Gasteiger partial charge in [0.1, 0.15) is 0 Å². The standard InChI is InChI=1S/C31H32N4O2/c1-4-30(36)32-24-14-12-23(13-15-24)29-19-27(26-10-5-6-11-28(26)33-29)31(37)34-16-17-35(22(3)20-34)25-9-7-8-21(2)18-25/h5-15,18-19,22H,4,16-17,20H2,1-3H3,(H,32,36)/t22-/m1/s1. The number of para-hydroxylation sites is 1. The molecule has 1 atom stereocenters. The number of carbonyl (C=O) groups is 2. The maximum atomic E-state index is 13.9. The van der Waals surface area contributed by atoms with E-state index >= 15 is 0 Å². The van der Waals surface area contributed by atoms with Crippen molar-refractivity contribution < 1.29 is 9.59 Å². The van der Waals surface area contributed by atoms with Crippen molar-refractivity contribution in [1.29, 1.82) is 0 Å². The molecule has 4 aromatic rings. The van der Waals surface area contributed by atoms with Crippen molar-refractivity contribution in [2.75, 3.05) is 29.9 Å². The molecule has 1 saturated heterocycles. The number of fused-ring (bicyclic) bond motifs is 1. The van der Waals surface area contributed by atoms with Gasteiger partial charge in [0.05, 0.1) is 16.8 Å². The molecule has 6 heteroatoms. The van der Waals surface area contributed by atoms with Crippen LogP contribution in [0.25, 0.3) is 22.2 Å². The number of amides is 2. The molecule has 2 amide bonds. The Morgan fingerprint density at radius 1 is 0.973 bits per heavy atom. The van der Waals surface area contributed by atoms with Gasteiger partial charge in [-0.1, -0.05) is 49.4 Å². The second-order valence-electron chi connectivity index (χ2n) is 9.68. The van der Waals surface area contributed by atoms with E-state index in [0.29, 0.717) is 25.1 Å². The number of rotatable bonds is 5. The highest BCUT2D eigenvalue weighted by Gasteiger charge is 2.28. The van der Waals surface area contributed by atoms with Gasteiger partial charge < -0.3 is 15.1 Å². The molecule has 1 N–H and O–H groups in total. The zero-order valence-electron chi connectivity index (χ0n) is 21.6. The minimum absolute atomic E-state index is 0.0267. The summed E-state index contributed by atoms with van der Waals surface area (Å²) in [6.45, 7) is 8.21. The first-order chi connectivity index (χ1) is 17.9. The van der Waals surface area contributed by atoms with Crippen molar-refractivity contribution in [3.05, 3.63) is 90.0 Å². The van der Waals surface area contributed by atoms with Crippen LogP contribution in [-0.2, 0) is 4.79 Å². The molecule has 0 aliphatic carbocycles. The predicted octanol–water partition coefficient (Wildman–Crippen LogP) is 5.91. The Balaban J connectivity index is 1.42. The molecule has 1 aromatic heterocycles. The summed E-state index contributed by atoms with van der Waals surface area (Å²) >= 11 is 0. The van der Waals surface area contributed by atoms with Crippen LogP contribution in [0.1, 0.15) is 36.2 Å². The lowest BCUT2D eigenvalue weighted by molar-refractivity contribution is -0.115. The van der Waals surface area contributed by atoms with Crippen molar-refractivity contribution in [3.63, 3.8) is 0 Å². The molecule has 3 aromatic carbocycles. The maximum Gasteiger partial charge on any atom is 0.254 e. The van der Waals surface area contributed by atoms with Crippen molar-refractivity contribution >= 4 is 34.1 Å². The zero-order chi connectivity index (χ0) is 25.9. The Morgan fingerprint density at radius 3 is 2.49 bits per heavy atom. The van der Waals surface area contributed by atoms with Gasteiger partial charge in [0, 0.05) is 54.4 Å². The molecule has 1 fully saturated rings. The zero-order valence-corrected chi connectivity index (χ0v) is 21.6. The SMILES string of the molecule is CCC(=O)Nc1ccc(-c2cc(C(=O)N3CCN(c4cccc(C)c4)[C@H](C)C3)c3ccccc3n2)cc1. The first-order valence-electron chi connectivity index (χ1n) is 12.9. The molecular weight excluding hydrogens is 460 g/mol. The van der Waals surface area contributed by atoms with Gasteiger partial charge in [0.15, 0.2) is 0 Å². The molecule has 1 aliphatic heterocycles. The molecule has 1 aliphatic rings. The third kappa shape index (κ3) is 5.19. The molecule has 0 saturated carbocycles. The third-order valence-corrected chi connectivity index (χ3v) is 6.98. The summed E-state index contributed by atoms with van der Waals surface area (Å²) in [7, 11) is 0. The number of nitrogens with zero attached hydrogens (tertiary/aromatic N) is 3. The van der Waals surface area contributed by atoms with E-state index in [1.165, 1.54) is 11.3 Å². The molecule has 6 nitrogen and oxygen atoms in total. The van der Waals surface area contributed by atoms with Crippen molar-refractivity contribution in [2.45, 2.75) is 33.2 Å². The van der Waals surface area contributed by atoms with E-state index in [4.69, 9.17) is 4.98 Å². The molecular formula is C31H32N4O2. The Morgan fingerprint density at radius 2 is 1.76 bits per heavy atom. The van der Waals surface area contributed by atoms with Crippen LogP contribution in [0.3, 0.4) is 0 Å². The number of nitrogens with one attached hydrogen (secondary N) is 1. The monoisotopic (exact) mass is 492 g/mol. The second kappa shape index (κ2) is 10.4. The minimum atomic E-state index is -0.0267. The Labute approximate surface area is 217 Å². The molecule has 0 radical (unpaired) electrons. The second-order valence-corrected chi connectivity index (χ2v) is 9.68. The first-order valence-corrected chi connectivity index (χ1v) is 12.9. The van der Waals surface area contributed by atoms with Gasteiger partial charge in [-0.3, -0.25) is 9.59 Å². The van der Waals surface area contributed by atoms with E-state index < -0.39 is 0 Å². The maximum absolute atomic E-state index is 13.9. The molecule has 188 valence electrons. The van der Waals surface area contributed by atoms with E-state index in [1.54, 1.807) is 0 Å². The number of piperazine rings is 1. The van der Waals surface area contributed by atoms with Crippen LogP contribution < -0.4 is 10.2 Å². The summed E-state index contributed by atoms with van der Waals surface area (Å²) < 4.78 is 0. The van der Waals surface area contributed by atoms with E-state index in [2.05, 4.69) is 48.3 Å². The van der Waals surface area contributed by atoms with Crippen molar-refractivity contribution in [3.8, 4) is 11.3 Å². The van der Waals surface area contributed by atoms with Crippen LogP contribution in [-0.4, -0.2) is 47.4 Å². The third-order valence-electron chi connectivity index (χ3n) is 6.98. The summed E-state index contributed by atoms with van der Waals surface area (Å²) in [6, 6.07) is 26.1. The number of aromatic nitrogens is 1. The normalized spacial score (nSPS) is 15.6. The number of hydrogen-bond acceptors (Lipinski definition) is 4. The lowest BCUT2D eigenvalue weighted by Crippen LogP contribution is -2.53. The van der Waals surface area contributed by atoms with Crippen molar-refractivity contribution in [1.82, 2.24) is 9.88 Å². The smallest absolute Gasteiger partial charge is 0.254 e. The van der Waals surface area contributed by atoms with Gasteiger partial charge >= 0.3 is 0 Å². The van der Waals surface area contributed by atoms with E-state index in [0.717, 1.165) is 34.4 Å². The largest absolute Gasteiger partial charge is 0.365 e. The van der Waals surface area contributed by atoms with E-state index in [1.807, 2.05) is 66.4 Å². The van der Waals surface area contributed by atoms with Gasteiger partial charge in [-0.25, -0.2) is 4.98 Å². The highest BCUT2D eigenvalue weighted by molar-refractivity contribution is 6.07. The Kier molecular flexibility index (Phi) is 6.91. The average molecular weight is 493 g/mol. The van der Waals surface area contributed by atoms with Crippen LogP contribution >= 0.6 is 0 Å². The predicted molar refractivity (Wildman–Crippen MR) is 150 cm³/mol. The summed E-state index contributed by atoms with van der Waals surface area (Å²) in [5.41, 5.74) is 6.27. The number of carbonyl (C=O) groups excluding carboxylic acids is 2. The Bertz CT molecular complexity index is 1450. The summed E-state index contributed by atoms with van der Waals surface area (Å²) in [4.78, 5) is 34.8. The van der Waals surface area contributed by atoms with Gasteiger partial charge in [0.25, 0.3) is 5.91 Å². The Hall–Kier alpha value is -4.19. The number of anilines is 2. The number of pyridine rings is 1. The topological polar surface area (TPSA) is 65.5 Å². The summed E-state index contributed by atoms with van der Waals surface area (Å²) in [5, 5.41) is 3.73. The highest BCUT2D eigenvalue weighted by atomic mass is 16.2. The number of hydrogen-bond donors (Lipinski definition) is 1. The first kappa shape index (κ1) is 24.5. The van der Waals surface area contributed by atoms with Gasteiger partial charge in [-0.15, -0.1) is 0 Å². The van der Waals surface area contributed by atoms with Gasteiger partial charge in [-0.05, 0) is 55.8 Å². The molecule has 0 unspecified atom stereocenters. The lowest BCUT2D eigenvalue weighted by Gasteiger charge is -2.41. The van der Waals surface area contributed by atoms with Crippen LogP contribution in [0.15, 0.2) is 78.9 Å². The number of benzene rings is 3. The average Bonchev–Trinajstić information content (AvgIpc) is 2.92. The fraction of sp³-hybridized carbons (Fsp3) is 0.258. The minimum Gasteiger partial charge on any atom is -0.365 e. The number of aryl methyl sites for hydroxylation is 1. The molecule has 0 spiro atoms. The van der Waals surface area contributed by atoms with Crippen LogP contribution in [0.5, 0.6) is 0 Å². The van der Waals surface area contributed by atoms with Crippen LogP contribution in [0, 0.1) is 6.92 Å². The highest BCUT2D eigenvalue weighted by Crippen LogP contribution is 2.28. The van der Waals surface area contributed by atoms with Crippen LogP contribution in [0.2, 0.25) is 0 Å². The fourth-order valence-corrected chi connectivity index (χ4v) is 4.98. The van der Waals surface area contributed by atoms with Crippen molar-refractivity contribution in [2.24, 2.45) is 0 Å². The quantitative estimate of drug-likeness (QED) is 0.376. The molecule has 5 rings (SSSR count). The van der Waals surface area contributed by atoms with E-state index in [-0.39, 0.29) is 17.9 Å². The van der Waals surface area contributed by atoms with Gasteiger partial charge in [0.2, 0.25) is 5.91 Å². The van der Waals surface area contributed by atoms with Crippen LogP contribution in [0.4, 0.5) is 11.4 Å². The van der Waals surface area contributed by atoms with E-state index in [9.17, 15) is 9.59 Å². The molecule has 37 heavy (non-hydrogen) atoms. The summed E-state index contributed by atoms with van der Waals surface area (Å²) in [6.07, 6.45) is 0.428. The van der Waals surface area contributed by atoms with Gasteiger partial charge in [-0.2, -0.15) is 0 Å². The lowest BCUT2D eigenvalue weighted by atomic mass is 10.0.